The standard InChI is InChI=1S/C43H30N6O/c50-43-33-21-19-30(27-29-11-3-1-4-12-29)28-31(33)20-22-42(43)49-48-41-26-25-40(36-17-9-10-18-37(36)41)47-46-39-24-23-38(34-15-7-8-16-35(34)39)45-44-32-13-5-2-6-14-32/h1-26,28,50H,27H2. The van der Waals surface area contributed by atoms with Gasteiger partial charge in [-0.05, 0) is 65.4 Å². The lowest BCUT2D eigenvalue weighted by Gasteiger charge is -2.08. The Hall–Kier alpha value is -6.86. The first-order valence-corrected chi connectivity index (χ1v) is 16.3. The van der Waals surface area contributed by atoms with Crippen LogP contribution < -0.4 is 0 Å². The number of phenolic OH excluding ortho intramolecular Hbond substituents is 1. The number of hydrogen-bond donors (Lipinski definition) is 1. The van der Waals surface area contributed by atoms with Gasteiger partial charge in [-0.3, -0.25) is 0 Å². The van der Waals surface area contributed by atoms with Crippen LogP contribution in [0.3, 0.4) is 0 Å². The van der Waals surface area contributed by atoms with Crippen molar-refractivity contribution in [3.63, 3.8) is 0 Å². The summed E-state index contributed by atoms with van der Waals surface area (Å²) in [4.78, 5) is 0. The molecule has 0 bridgehead atoms. The zero-order chi connectivity index (χ0) is 33.7. The van der Waals surface area contributed by atoms with E-state index in [0.29, 0.717) is 17.1 Å². The van der Waals surface area contributed by atoms with E-state index in [1.807, 2.05) is 140 Å². The summed E-state index contributed by atoms with van der Waals surface area (Å²) >= 11 is 0. The maximum atomic E-state index is 11.1. The summed E-state index contributed by atoms with van der Waals surface area (Å²) in [5.74, 6) is 0.104. The summed E-state index contributed by atoms with van der Waals surface area (Å²) in [6, 6.07) is 53.4. The van der Waals surface area contributed by atoms with Gasteiger partial charge in [-0.15, -0.1) is 25.6 Å². The Labute approximate surface area is 288 Å². The largest absolute Gasteiger partial charge is 0.505 e. The zero-order valence-electron chi connectivity index (χ0n) is 26.9. The van der Waals surface area contributed by atoms with Crippen LogP contribution in [0.1, 0.15) is 11.1 Å². The van der Waals surface area contributed by atoms with Crippen molar-refractivity contribution in [3.05, 3.63) is 175 Å². The lowest BCUT2D eigenvalue weighted by atomic mass is 10.0. The summed E-state index contributed by atoms with van der Waals surface area (Å²) in [6.07, 6.45) is 0.826. The molecule has 50 heavy (non-hydrogen) atoms. The molecule has 0 fully saturated rings. The molecule has 8 aromatic rings. The summed E-state index contributed by atoms with van der Waals surface area (Å²) in [5, 5.41) is 43.7. The Morgan fingerprint density at radius 1 is 0.340 bits per heavy atom. The van der Waals surface area contributed by atoms with Crippen LogP contribution in [0.15, 0.2) is 194 Å². The van der Waals surface area contributed by atoms with Crippen molar-refractivity contribution >= 4 is 66.4 Å². The number of phenols is 1. The molecule has 0 aliphatic rings. The smallest absolute Gasteiger partial charge is 0.150 e. The van der Waals surface area contributed by atoms with E-state index in [-0.39, 0.29) is 5.75 Å². The fourth-order valence-electron chi connectivity index (χ4n) is 6.08. The van der Waals surface area contributed by atoms with Crippen molar-refractivity contribution in [3.8, 4) is 5.75 Å². The highest BCUT2D eigenvalue weighted by molar-refractivity contribution is 6.01. The van der Waals surface area contributed by atoms with E-state index in [0.717, 1.165) is 55.8 Å². The van der Waals surface area contributed by atoms with Crippen molar-refractivity contribution in [1.29, 1.82) is 0 Å². The molecule has 7 heteroatoms. The Balaban J connectivity index is 1.07. The van der Waals surface area contributed by atoms with E-state index in [9.17, 15) is 5.11 Å². The molecule has 0 amide bonds. The highest BCUT2D eigenvalue weighted by Gasteiger charge is 2.10. The first-order chi connectivity index (χ1) is 24.7. The van der Waals surface area contributed by atoms with Crippen molar-refractivity contribution in [1.82, 2.24) is 0 Å². The predicted molar refractivity (Wildman–Crippen MR) is 202 cm³/mol. The normalized spacial score (nSPS) is 11.9. The van der Waals surface area contributed by atoms with Gasteiger partial charge in [0.25, 0.3) is 0 Å². The number of benzene rings is 8. The summed E-state index contributed by atoms with van der Waals surface area (Å²) in [5.41, 5.74) is 6.47. The maximum absolute atomic E-state index is 11.1. The molecule has 0 spiro atoms. The second kappa shape index (κ2) is 13.7. The molecule has 0 aromatic heterocycles. The van der Waals surface area contributed by atoms with Crippen molar-refractivity contribution in [2.24, 2.45) is 30.7 Å². The SMILES string of the molecule is Oc1c(N=Nc2ccc(N=Nc3ccc(N=Nc4ccccc4)c4ccccc34)c3ccccc23)ccc2cc(Cc3ccccc3)ccc12. The van der Waals surface area contributed by atoms with Crippen LogP contribution in [-0.2, 0) is 6.42 Å². The lowest BCUT2D eigenvalue weighted by molar-refractivity contribution is 0.482. The lowest BCUT2D eigenvalue weighted by Crippen LogP contribution is -1.88. The highest BCUT2D eigenvalue weighted by atomic mass is 16.3. The van der Waals surface area contributed by atoms with Gasteiger partial charge in [-0.2, -0.15) is 5.11 Å². The second-order valence-corrected chi connectivity index (χ2v) is 11.9. The van der Waals surface area contributed by atoms with Crippen LogP contribution in [-0.4, -0.2) is 5.11 Å². The minimum absolute atomic E-state index is 0.104. The molecule has 0 aliphatic carbocycles. The molecule has 0 saturated carbocycles. The van der Waals surface area contributed by atoms with E-state index in [1.165, 1.54) is 11.1 Å². The molecular weight excluding hydrogens is 617 g/mol. The highest BCUT2D eigenvalue weighted by Crippen LogP contribution is 2.40. The Kier molecular flexibility index (Phi) is 8.35. The Morgan fingerprint density at radius 3 is 1.32 bits per heavy atom. The summed E-state index contributed by atoms with van der Waals surface area (Å²) in [7, 11) is 0. The fraction of sp³-hybridized carbons (Fsp3) is 0.0233. The molecule has 8 rings (SSSR count). The Morgan fingerprint density at radius 2 is 0.780 bits per heavy atom. The van der Waals surface area contributed by atoms with E-state index in [4.69, 9.17) is 0 Å². The molecule has 0 atom stereocenters. The van der Waals surface area contributed by atoms with E-state index >= 15 is 0 Å². The van der Waals surface area contributed by atoms with Crippen LogP contribution in [0.5, 0.6) is 5.75 Å². The molecule has 0 heterocycles. The quantitative estimate of drug-likeness (QED) is 0.163. The van der Waals surface area contributed by atoms with Crippen LogP contribution >= 0.6 is 0 Å². The number of rotatable bonds is 8. The number of aromatic hydroxyl groups is 1. The predicted octanol–water partition coefficient (Wildman–Crippen LogP) is 13.7. The number of fused-ring (bicyclic) bond motifs is 3. The van der Waals surface area contributed by atoms with Gasteiger partial charge in [0.15, 0.2) is 5.75 Å². The second-order valence-electron chi connectivity index (χ2n) is 11.9. The molecule has 0 aliphatic heterocycles. The average molecular weight is 647 g/mol. The van der Waals surface area contributed by atoms with Gasteiger partial charge < -0.3 is 5.11 Å². The fourth-order valence-corrected chi connectivity index (χ4v) is 6.08. The van der Waals surface area contributed by atoms with Crippen molar-refractivity contribution < 1.29 is 5.11 Å². The van der Waals surface area contributed by atoms with Gasteiger partial charge in [0.05, 0.1) is 28.4 Å². The monoisotopic (exact) mass is 646 g/mol. The first-order valence-electron chi connectivity index (χ1n) is 16.3. The van der Waals surface area contributed by atoms with Crippen LogP contribution in [0.25, 0.3) is 32.3 Å². The molecule has 238 valence electrons. The molecular formula is C43H30N6O. The van der Waals surface area contributed by atoms with E-state index in [2.05, 4.69) is 48.9 Å². The molecule has 8 aromatic carbocycles. The van der Waals surface area contributed by atoms with Gasteiger partial charge >= 0.3 is 0 Å². The minimum Gasteiger partial charge on any atom is -0.505 e. The number of hydrogen-bond acceptors (Lipinski definition) is 7. The third-order valence-electron chi connectivity index (χ3n) is 8.60. The number of nitrogens with zero attached hydrogens (tertiary/aromatic N) is 6. The molecule has 0 saturated heterocycles. The van der Waals surface area contributed by atoms with Crippen LogP contribution in [0.4, 0.5) is 34.1 Å². The molecule has 0 radical (unpaired) electrons. The van der Waals surface area contributed by atoms with E-state index in [1.54, 1.807) is 6.07 Å². The van der Waals surface area contributed by atoms with Gasteiger partial charge in [-0.1, -0.05) is 121 Å². The average Bonchev–Trinajstić information content (AvgIpc) is 3.17. The molecule has 7 nitrogen and oxygen atoms in total. The third kappa shape index (κ3) is 6.35. The number of azo groups is 3. The van der Waals surface area contributed by atoms with E-state index < -0.39 is 0 Å². The van der Waals surface area contributed by atoms with Gasteiger partial charge in [0, 0.05) is 26.9 Å². The minimum atomic E-state index is 0.104. The van der Waals surface area contributed by atoms with Crippen molar-refractivity contribution in [2.75, 3.05) is 0 Å². The molecule has 1 N–H and O–H groups in total. The van der Waals surface area contributed by atoms with Crippen LogP contribution in [0, 0.1) is 0 Å². The maximum Gasteiger partial charge on any atom is 0.150 e. The van der Waals surface area contributed by atoms with Gasteiger partial charge in [-0.25, -0.2) is 0 Å². The van der Waals surface area contributed by atoms with Crippen LogP contribution in [0.2, 0.25) is 0 Å². The third-order valence-corrected chi connectivity index (χ3v) is 8.60. The zero-order valence-corrected chi connectivity index (χ0v) is 26.9. The van der Waals surface area contributed by atoms with Crippen molar-refractivity contribution in [2.45, 2.75) is 6.42 Å². The molecule has 0 unspecified atom stereocenters. The van der Waals surface area contributed by atoms with Gasteiger partial charge in [0.2, 0.25) is 0 Å². The van der Waals surface area contributed by atoms with Gasteiger partial charge in [0.1, 0.15) is 5.69 Å². The summed E-state index contributed by atoms with van der Waals surface area (Å²) in [6.45, 7) is 0. The summed E-state index contributed by atoms with van der Waals surface area (Å²) < 4.78 is 0. The first kappa shape index (κ1) is 30.5. The Bertz CT molecular complexity index is 2580. The topological polar surface area (TPSA) is 94.4 Å².